The van der Waals surface area contributed by atoms with Crippen molar-refractivity contribution >= 4 is 23.2 Å². The summed E-state index contributed by atoms with van der Waals surface area (Å²) in [5, 5.41) is 12.2. The normalized spacial score (nSPS) is 10.6. The van der Waals surface area contributed by atoms with Crippen LogP contribution in [-0.4, -0.2) is 22.0 Å². The third kappa shape index (κ3) is 2.88. The highest BCUT2D eigenvalue weighted by molar-refractivity contribution is 7.13. The maximum Gasteiger partial charge on any atom is 0.347 e. The highest BCUT2D eigenvalue weighted by Gasteiger charge is 2.16. The first kappa shape index (κ1) is 14.3. The summed E-state index contributed by atoms with van der Waals surface area (Å²) < 4.78 is 5.29. The lowest BCUT2D eigenvalue weighted by molar-refractivity contribution is 0.0701. The van der Waals surface area contributed by atoms with Gasteiger partial charge in [-0.25, -0.2) is 9.78 Å². The van der Waals surface area contributed by atoms with Crippen molar-refractivity contribution < 1.29 is 19.1 Å². The molecule has 0 radical (unpaired) electrons. The number of carbonyl (C=O) groups is 2. The second-order valence-corrected chi connectivity index (χ2v) is 5.42. The van der Waals surface area contributed by atoms with Gasteiger partial charge in [-0.05, 0) is 26.8 Å². The number of thiazole rings is 1. The van der Waals surface area contributed by atoms with E-state index in [2.05, 4.69) is 10.3 Å². The highest BCUT2D eigenvalue weighted by atomic mass is 32.1. The molecule has 2 N–H and O–H groups in total. The van der Waals surface area contributed by atoms with Crippen LogP contribution in [0.2, 0.25) is 0 Å². The summed E-state index contributed by atoms with van der Waals surface area (Å²) in [6.07, 6.45) is 0. The summed E-state index contributed by atoms with van der Waals surface area (Å²) in [5.74, 6) is -0.0320. The predicted octanol–water partition coefficient (Wildman–Crippen LogP) is 2.29. The van der Waals surface area contributed by atoms with Crippen LogP contribution in [0.4, 0.5) is 0 Å². The molecule has 2 heterocycles. The number of amides is 1. The number of hydrogen-bond donors (Lipinski definition) is 2. The Morgan fingerprint density at radius 1 is 1.40 bits per heavy atom. The molecule has 7 heteroatoms. The SMILES string of the molecule is Cc1cc(C(=O)NCc2nc(C)c(C(=O)O)s2)c(C)o1. The van der Waals surface area contributed by atoms with Gasteiger partial charge in [-0.15, -0.1) is 11.3 Å². The van der Waals surface area contributed by atoms with Crippen LogP contribution in [0.25, 0.3) is 0 Å². The van der Waals surface area contributed by atoms with Gasteiger partial charge >= 0.3 is 5.97 Å². The fourth-order valence-corrected chi connectivity index (χ4v) is 2.68. The van der Waals surface area contributed by atoms with Crippen molar-refractivity contribution in [3.8, 4) is 0 Å². The molecule has 20 heavy (non-hydrogen) atoms. The molecule has 1 amide bonds. The molecule has 0 atom stereocenters. The summed E-state index contributed by atoms with van der Waals surface area (Å²) >= 11 is 1.07. The van der Waals surface area contributed by atoms with Crippen LogP contribution in [0.1, 0.15) is 42.3 Å². The van der Waals surface area contributed by atoms with E-state index >= 15 is 0 Å². The second-order valence-electron chi connectivity index (χ2n) is 4.34. The van der Waals surface area contributed by atoms with E-state index in [0.717, 1.165) is 11.3 Å². The minimum Gasteiger partial charge on any atom is -0.477 e. The van der Waals surface area contributed by atoms with Crippen molar-refractivity contribution in [2.24, 2.45) is 0 Å². The van der Waals surface area contributed by atoms with Gasteiger partial charge in [0.25, 0.3) is 5.91 Å². The van der Waals surface area contributed by atoms with Crippen LogP contribution in [0.3, 0.4) is 0 Å². The lowest BCUT2D eigenvalue weighted by Crippen LogP contribution is -2.22. The predicted molar refractivity (Wildman–Crippen MR) is 73.2 cm³/mol. The molecule has 0 aliphatic heterocycles. The van der Waals surface area contributed by atoms with Gasteiger partial charge in [-0.3, -0.25) is 4.79 Å². The van der Waals surface area contributed by atoms with Crippen LogP contribution in [0.15, 0.2) is 10.5 Å². The molecule has 106 valence electrons. The van der Waals surface area contributed by atoms with Gasteiger partial charge in [-0.2, -0.15) is 0 Å². The minimum atomic E-state index is -1.00. The maximum absolute atomic E-state index is 12.0. The fraction of sp³-hybridized carbons (Fsp3) is 0.308. The fourth-order valence-electron chi connectivity index (χ4n) is 1.83. The first-order valence-corrected chi connectivity index (χ1v) is 6.75. The molecule has 2 aromatic rings. The minimum absolute atomic E-state index is 0.196. The summed E-state index contributed by atoms with van der Waals surface area (Å²) in [5.41, 5.74) is 0.941. The van der Waals surface area contributed by atoms with Crippen LogP contribution in [0.5, 0.6) is 0 Å². The molecular formula is C13H14N2O4S. The number of furan rings is 1. The van der Waals surface area contributed by atoms with Crippen LogP contribution < -0.4 is 5.32 Å². The molecule has 2 rings (SSSR count). The largest absolute Gasteiger partial charge is 0.477 e. The highest BCUT2D eigenvalue weighted by Crippen LogP contribution is 2.18. The number of hydrogen-bond acceptors (Lipinski definition) is 5. The summed E-state index contributed by atoms with van der Waals surface area (Å²) in [4.78, 5) is 27.2. The standard InChI is InChI=1S/C13H14N2O4S/c1-6-4-9(8(3)19-6)12(16)14-5-10-15-7(2)11(20-10)13(17)18/h4H,5H2,1-3H3,(H,14,16)(H,17,18). The quantitative estimate of drug-likeness (QED) is 0.902. The molecule has 0 bridgehead atoms. The van der Waals surface area contributed by atoms with E-state index in [9.17, 15) is 9.59 Å². The Balaban J connectivity index is 2.05. The van der Waals surface area contributed by atoms with Gasteiger partial charge in [0.1, 0.15) is 21.4 Å². The third-order valence-electron chi connectivity index (χ3n) is 2.72. The molecular weight excluding hydrogens is 280 g/mol. The lowest BCUT2D eigenvalue weighted by atomic mass is 10.2. The average Bonchev–Trinajstić information content (AvgIpc) is 2.89. The zero-order chi connectivity index (χ0) is 14.9. The van der Waals surface area contributed by atoms with Crippen molar-refractivity contribution in [2.45, 2.75) is 27.3 Å². The zero-order valence-corrected chi connectivity index (χ0v) is 12.1. The number of nitrogens with zero attached hydrogens (tertiary/aromatic N) is 1. The first-order valence-electron chi connectivity index (χ1n) is 5.93. The molecule has 0 fully saturated rings. The third-order valence-corrected chi connectivity index (χ3v) is 3.87. The Labute approximate surface area is 119 Å². The van der Waals surface area contributed by atoms with E-state index in [0.29, 0.717) is 27.8 Å². The summed E-state index contributed by atoms with van der Waals surface area (Å²) in [6, 6.07) is 1.67. The number of aromatic carboxylic acids is 1. The molecule has 0 saturated heterocycles. The number of aryl methyl sites for hydroxylation is 3. The van der Waals surface area contributed by atoms with E-state index in [1.807, 2.05) is 0 Å². The van der Waals surface area contributed by atoms with Crippen LogP contribution in [0, 0.1) is 20.8 Å². The van der Waals surface area contributed by atoms with E-state index in [1.165, 1.54) is 0 Å². The number of aromatic nitrogens is 1. The topological polar surface area (TPSA) is 92.4 Å². The van der Waals surface area contributed by atoms with Crippen molar-refractivity contribution in [2.75, 3.05) is 0 Å². The van der Waals surface area contributed by atoms with Crippen molar-refractivity contribution in [1.82, 2.24) is 10.3 Å². The zero-order valence-electron chi connectivity index (χ0n) is 11.3. The van der Waals surface area contributed by atoms with E-state index in [-0.39, 0.29) is 17.3 Å². The smallest absolute Gasteiger partial charge is 0.347 e. The van der Waals surface area contributed by atoms with Gasteiger partial charge in [-0.1, -0.05) is 0 Å². The molecule has 0 aliphatic rings. The van der Waals surface area contributed by atoms with Crippen molar-refractivity contribution in [1.29, 1.82) is 0 Å². The van der Waals surface area contributed by atoms with Gasteiger partial charge in [0.05, 0.1) is 17.8 Å². The Bertz CT molecular complexity index is 672. The first-order chi connectivity index (χ1) is 9.38. The van der Waals surface area contributed by atoms with E-state index in [4.69, 9.17) is 9.52 Å². The van der Waals surface area contributed by atoms with Gasteiger partial charge in [0.15, 0.2) is 0 Å². The van der Waals surface area contributed by atoms with Gasteiger partial charge < -0.3 is 14.8 Å². The lowest BCUT2D eigenvalue weighted by Gasteiger charge is -2.01. The summed E-state index contributed by atoms with van der Waals surface area (Å²) in [6.45, 7) is 5.32. The average molecular weight is 294 g/mol. The van der Waals surface area contributed by atoms with Crippen LogP contribution >= 0.6 is 11.3 Å². The Morgan fingerprint density at radius 3 is 2.60 bits per heavy atom. The molecule has 0 saturated carbocycles. The number of nitrogens with one attached hydrogen (secondary N) is 1. The number of carboxylic acids is 1. The summed E-state index contributed by atoms with van der Waals surface area (Å²) in [7, 11) is 0. The monoisotopic (exact) mass is 294 g/mol. The Kier molecular flexibility index (Phi) is 3.89. The van der Waals surface area contributed by atoms with E-state index in [1.54, 1.807) is 26.8 Å². The van der Waals surface area contributed by atoms with Gasteiger partial charge in [0, 0.05) is 0 Å². The second kappa shape index (κ2) is 5.46. The van der Waals surface area contributed by atoms with Gasteiger partial charge in [0.2, 0.25) is 0 Å². The molecule has 0 unspecified atom stereocenters. The number of carboxylic acid groups (broad SMARTS) is 1. The molecule has 0 aromatic carbocycles. The maximum atomic E-state index is 12.0. The number of rotatable bonds is 4. The molecule has 2 aromatic heterocycles. The Morgan fingerprint density at radius 2 is 2.10 bits per heavy atom. The molecule has 6 nitrogen and oxygen atoms in total. The molecule has 0 aliphatic carbocycles. The van der Waals surface area contributed by atoms with Crippen LogP contribution in [-0.2, 0) is 6.54 Å². The molecule has 0 spiro atoms. The number of carbonyl (C=O) groups excluding carboxylic acids is 1. The van der Waals surface area contributed by atoms with Crippen molar-refractivity contribution in [3.05, 3.63) is 38.7 Å². The Hall–Kier alpha value is -2.15. The van der Waals surface area contributed by atoms with E-state index < -0.39 is 5.97 Å². The van der Waals surface area contributed by atoms with Crippen molar-refractivity contribution in [3.63, 3.8) is 0 Å².